The zero-order valence-corrected chi connectivity index (χ0v) is 10.7. The molecule has 1 aromatic carbocycles. The van der Waals surface area contributed by atoms with Crippen LogP contribution in [0.3, 0.4) is 0 Å². The van der Waals surface area contributed by atoms with E-state index in [0.717, 1.165) is 0 Å². The van der Waals surface area contributed by atoms with Crippen molar-refractivity contribution in [1.82, 2.24) is 0 Å². The lowest BCUT2D eigenvalue weighted by Crippen LogP contribution is -2.22. The van der Waals surface area contributed by atoms with E-state index in [0.29, 0.717) is 0 Å². The fourth-order valence-electron chi connectivity index (χ4n) is 1.29. The minimum Gasteiger partial charge on any atom is -0.481 e. The summed E-state index contributed by atoms with van der Waals surface area (Å²) in [6.07, 6.45) is -3.56. The first kappa shape index (κ1) is 14.5. The van der Waals surface area contributed by atoms with Crippen molar-refractivity contribution in [3.63, 3.8) is 0 Å². The van der Waals surface area contributed by atoms with Crippen molar-refractivity contribution in [2.24, 2.45) is 0 Å². The zero-order valence-electron chi connectivity index (χ0n) is 8.40. The Morgan fingerprint density at radius 1 is 1.24 bits per heavy atom. The van der Waals surface area contributed by atoms with Crippen LogP contribution in [0.5, 0.6) is 0 Å². The molecule has 0 amide bonds. The standard InChI is InChI=1S/C10H9Cl3O4/c11-4-1-5(9(13)6(12)2-4)10(17)7(14)3-8(15)16/h1-2,7,10,14,17H,3H2,(H,15,16). The van der Waals surface area contributed by atoms with E-state index < -0.39 is 24.6 Å². The quantitative estimate of drug-likeness (QED) is 0.747. The van der Waals surface area contributed by atoms with Crippen LogP contribution >= 0.6 is 34.8 Å². The van der Waals surface area contributed by atoms with Crippen LogP contribution in [0.1, 0.15) is 18.1 Å². The van der Waals surface area contributed by atoms with Gasteiger partial charge in [-0.3, -0.25) is 4.79 Å². The Morgan fingerprint density at radius 3 is 2.35 bits per heavy atom. The van der Waals surface area contributed by atoms with Crippen molar-refractivity contribution in [3.05, 3.63) is 32.8 Å². The van der Waals surface area contributed by atoms with Crippen molar-refractivity contribution in [3.8, 4) is 0 Å². The van der Waals surface area contributed by atoms with Crippen LogP contribution in [-0.4, -0.2) is 27.4 Å². The number of halogens is 3. The SMILES string of the molecule is O=C(O)CC(O)C(O)c1cc(Cl)cc(Cl)c1Cl. The fourth-order valence-corrected chi connectivity index (χ4v) is 2.02. The molecule has 0 saturated heterocycles. The normalized spacial score (nSPS) is 14.4. The van der Waals surface area contributed by atoms with Crippen LogP contribution in [0.2, 0.25) is 15.1 Å². The minimum atomic E-state index is -1.49. The lowest BCUT2D eigenvalue weighted by Gasteiger charge is -2.18. The van der Waals surface area contributed by atoms with Gasteiger partial charge in [0.05, 0.1) is 22.6 Å². The Bertz CT molecular complexity index is 436. The summed E-state index contributed by atoms with van der Waals surface area (Å²) >= 11 is 17.3. The number of aliphatic hydroxyl groups excluding tert-OH is 2. The lowest BCUT2D eigenvalue weighted by molar-refractivity contribution is -0.141. The molecular formula is C10H9Cl3O4. The molecule has 0 aromatic heterocycles. The molecular weight excluding hydrogens is 290 g/mol. The molecule has 2 unspecified atom stereocenters. The van der Waals surface area contributed by atoms with E-state index in [9.17, 15) is 15.0 Å². The number of benzene rings is 1. The minimum absolute atomic E-state index is 0.0352. The van der Waals surface area contributed by atoms with Gasteiger partial charge >= 0.3 is 5.97 Å². The van der Waals surface area contributed by atoms with Gasteiger partial charge in [-0.2, -0.15) is 0 Å². The van der Waals surface area contributed by atoms with Crippen molar-refractivity contribution in [1.29, 1.82) is 0 Å². The topological polar surface area (TPSA) is 77.8 Å². The number of carboxylic acids is 1. The number of hydrogen-bond acceptors (Lipinski definition) is 3. The third kappa shape index (κ3) is 3.72. The van der Waals surface area contributed by atoms with Crippen LogP contribution in [0.25, 0.3) is 0 Å². The molecule has 0 aliphatic carbocycles. The Morgan fingerprint density at radius 2 is 1.82 bits per heavy atom. The molecule has 7 heteroatoms. The first-order valence-electron chi connectivity index (χ1n) is 4.55. The molecule has 0 aliphatic rings. The van der Waals surface area contributed by atoms with Crippen LogP contribution in [0.4, 0.5) is 0 Å². The second-order valence-corrected chi connectivity index (χ2v) is 4.62. The first-order chi connectivity index (χ1) is 7.82. The van der Waals surface area contributed by atoms with Gasteiger partial charge in [-0.15, -0.1) is 0 Å². The maximum absolute atomic E-state index is 10.4. The summed E-state index contributed by atoms with van der Waals surface area (Å²) in [5.41, 5.74) is 0.0953. The summed E-state index contributed by atoms with van der Waals surface area (Å²) in [6, 6.07) is 2.71. The molecule has 4 nitrogen and oxygen atoms in total. The first-order valence-corrected chi connectivity index (χ1v) is 5.68. The molecule has 17 heavy (non-hydrogen) atoms. The second-order valence-electron chi connectivity index (χ2n) is 3.40. The van der Waals surface area contributed by atoms with E-state index in [-0.39, 0.29) is 20.6 Å². The van der Waals surface area contributed by atoms with Crippen molar-refractivity contribution < 1.29 is 20.1 Å². The second kappa shape index (κ2) is 5.89. The van der Waals surface area contributed by atoms with Gasteiger partial charge in [0.15, 0.2) is 0 Å². The number of aliphatic carboxylic acids is 1. The average molecular weight is 300 g/mol. The molecule has 3 N–H and O–H groups in total. The highest BCUT2D eigenvalue weighted by atomic mass is 35.5. The smallest absolute Gasteiger partial charge is 0.306 e. The summed E-state index contributed by atoms with van der Waals surface area (Å²) in [6.45, 7) is 0. The van der Waals surface area contributed by atoms with Gasteiger partial charge in [-0.25, -0.2) is 0 Å². The summed E-state index contributed by atoms with van der Waals surface area (Å²) in [7, 11) is 0. The third-order valence-corrected chi connectivity index (χ3v) is 3.12. The highest BCUT2D eigenvalue weighted by molar-refractivity contribution is 6.43. The van der Waals surface area contributed by atoms with E-state index >= 15 is 0 Å². The van der Waals surface area contributed by atoms with E-state index in [1.165, 1.54) is 12.1 Å². The predicted molar refractivity (Wildman–Crippen MR) is 64.7 cm³/mol. The van der Waals surface area contributed by atoms with Crippen molar-refractivity contribution >= 4 is 40.8 Å². The number of hydrogen-bond donors (Lipinski definition) is 3. The Labute approximate surface area is 112 Å². The highest BCUT2D eigenvalue weighted by Gasteiger charge is 2.24. The van der Waals surface area contributed by atoms with Crippen LogP contribution in [0.15, 0.2) is 12.1 Å². The lowest BCUT2D eigenvalue weighted by atomic mass is 10.0. The Hall–Kier alpha value is -0.520. The fraction of sp³-hybridized carbons (Fsp3) is 0.300. The van der Waals surface area contributed by atoms with Gasteiger partial charge in [-0.05, 0) is 12.1 Å². The summed E-state index contributed by atoms with van der Waals surface area (Å²) < 4.78 is 0. The molecule has 1 aromatic rings. The van der Waals surface area contributed by atoms with Gasteiger partial charge in [0.2, 0.25) is 0 Å². The van der Waals surface area contributed by atoms with Gasteiger partial charge in [0.25, 0.3) is 0 Å². The maximum atomic E-state index is 10.4. The van der Waals surface area contributed by atoms with Crippen LogP contribution in [-0.2, 0) is 4.79 Å². The van der Waals surface area contributed by atoms with E-state index in [1.807, 2.05) is 0 Å². The zero-order chi connectivity index (χ0) is 13.2. The van der Waals surface area contributed by atoms with Gasteiger partial charge in [0, 0.05) is 10.6 Å². The Balaban J connectivity index is 3.03. The van der Waals surface area contributed by atoms with Gasteiger partial charge in [-0.1, -0.05) is 34.8 Å². The van der Waals surface area contributed by atoms with Crippen LogP contribution < -0.4 is 0 Å². The summed E-state index contributed by atoms with van der Waals surface area (Å²) in [5.74, 6) is -1.24. The van der Waals surface area contributed by atoms with E-state index in [1.54, 1.807) is 0 Å². The molecule has 0 radical (unpaired) electrons. The number of rotatable bonds is 4. The molecule has 2 atom stereocenters. The molecule has 0 aliphatic heterocycles. The van der Waals surface area contributed by atoms with E-state index in [4.69, 9.17) is 39.9 Å². The monoisotopic (exact) mass is 298 g/mol. The Kier molecular flexibility index (Phi) is 5.04. The highest BCUT2D eigenvalue weighted by Crippen LogP contribution is 2.34. The molecule has 0 spiro atoms. The summed E-state index contributed by atoms with van der Waals surface area (Å²) in [5, 5.41) is 28.1. The summed E-state index contributed by atoms with van der Waals surface area (Å²) in [4.78, 5) is 10.4. The van der Waals surface area contributed by atoms with E-state index in [2.05, 4.69) is 0 Å². The molecule has 0 bridgehead atoms. The molecule has 1 rings (SSSR count). The molecule has 0 fully saturated rings. The van der Waals surface area contributed by atoms with Gasteiger partial charge in [0.1, 0.15) is 6.10 Å². The molecule has 0 saturated carbocycles. The predicted octanol–water partition coefficient (Wildman–Crippen LogP) is 2.52. The average Bonchev–Trinajstić information content (AvgIpc) is 2.21. The van der Waals surface area contributed by atoms with Crippen molar-refractivity contribution in [2.75, 3.05) is 0 Å². The maximum Gasteiger partial charge on any atom is 0.306 e. The van der Waals surface area contributed by atoms with Crippen molar-refractivity contribution in [2.45, 2.75) is 18.6 Å². The van der Waals surface area contributed by atoms with Gasteiger partial charge < -0.3 is 15.3 Å². The number of carbonyl (C=O) groups is 1. The number of aliphatic hydroxyl groups is 2. The molecule has 0 heterocycles. The third-order valence-electron chi connectivity index (χ3n) is 2.09. The molecule has 94 valence electrons. The number of carboxylic acid groups (broad SMARTS) is 1. The van der Waals surface area contributed by atoms with Crippen LogP contribution in [0, 0.1) is 0 Å². The largest absolute Gasteiger partial charge is 0.481 e.